The van der Waals surface area contributed by atoms with Gasteiger partial charge in [-0.2, -0.15) is 0 Å². The SMILES string of the molecule is Cc1cc(C)c(-c2ccc(N3CCN(C(=O)COc4ccc(Cl)cc4)CC3)nn2)cc1C. The average molecular weight is 451 g/mol. The molecule has 1 aliphatic rings. The minimum Gasteiger partial charge on any atom is -0.484 e. The maximum Gasteiger partial charge on any atom is 0.260 e. The van der Waals surface area contributed by atoms with Crippen molar-refractivity contribution in [2.24, 2.45) is 0 Å². The van der Waals surface area contributed by atoms with Gasteiger partial charge in [0.2, 0.25) is 0 Å². The van der Waals surface area contributed by atoms with Gasteiger partial charge in [-0.1, -0.05) is 17.7 Å². The zero-order chi connectivity index (χ0) is 22.7. The number of anilines is 1. The highest BCUT2D eigenvalue weighted by Crippen LogP contribution is 2.25. The molecule has 4 rings (SSSR count). The molecule has 1 amide bonds. The molecular weight excluding hydrogens is 424 g/mol. The van der Waals surface area contributed by atoms with Crippen LogP contribution in [0.25, 0.3) is 11.3 Å². The third kappa shape index (κ3) is 5.02. The summed E-state index contributed by atoms with van der Waals surface area (Å²) in [7, 11) is 0. The lowest BCUT2D eigenvalue weighted by Gasteiger charge is -2.35. The monoisotopic (exact) mass is 450 g/mol. The molecule has 1 aromatic heterocycles. The van der Waals surface area contributed by atoms with Crippen LogP contribution in [0.15, 0.2) is 48.5 Å². The number of piperazine rings is 1. The first-order valence-corrected chi connectivity index (χ1v) is 11.1. The van der Waals surface area contributed by atoms with Crippen molar-refractivity contribution < 1.29 is 9.53 Å². The summed E-state index contributed by atoms with van der Waals surface area (Å²) in [6.07, 6.45) is 0. The van der Waals surface area contributed by atoms with E-state index in [9.17, 15) is 4.79 Å². The van der Waals surface area contributed by atoms with Crippen molar-refractivity contribution in [2.75, 3.05) is 37.7 Å². The molecule has 6 nitrogen and oxygen atoms in total. The van der Waals surface area contributed by atoms with E-state index in [0.717, 1.165) is 17.1 Å². The number of benzene rings is 2. The molecule has 0 N–H and O–H groups in total. The smallest absolute Gasteiger partial charge is 0.260 e. The molecule has 0 aliphatic carbocycles. The largest absolute Gasteiger partial charge is 0.484 e. The van der Waals surface area contributed by atoms with Crippen LogP contribution in [0.1, 0.15) is 16.7 Å². The van der Waals surface area contributed by atoms with Gasteiger partial charge in [-0.25, -0.2) is 0 Å². The maximum atomic E-state index is 12.5. The number of amides is 1. The molecule has 166 valence electrons. The molecule has 7 heteroatoms. The summed E-state index contributed by atoms with van der Waals surface area (Å²) in [5, 5.41) is 9.58. The Morgan fingerprint density at radius 3 is 2.25 bits per heavy atom. The second kappa shape index (κ2) is 9.57. The number of halogens is 1. The second-order valence-corrected chi connectivity index (χ2v) is 8.58. The van der Waals surface area contributed by atoms with Crippen molar-refractivity contribution in [3.05, 3.63) is 70.2 Å². The summed E-state index contributed by atoms with van der Waals surface area (Å²) in [6, 6.07) is 15.4. The zero-order valence-electron chi connectivity index (χ0n) is 18.6. The van der Waals surface area contributed by atoms with Crippen molar-refractivity contribution in [2.45, 2.75) is 20.8 Å². The van der Waals surface area contributed by atoms with Gasteiger partial charge in [-0.15, -0.1) is 10.2 Å². The minimum atomic E-state index is -0.0220. The molecule has 0 bridgehead atoms. The molecule has 1 fully saturated rings. The first-order chi connectivity index (χ1) is 15.4. The predicted molar refractivity (Wildman–Crippen MR) is 127 cm³/mol. The first kappa shape index (κ1) is 22.1. The highest BCUT2D eigenvalue weighted by Gasteiger charge is 2.22. The third-order valence-corrected chi connectivity index (χ3v) is 6.15. The number of aromatic nitrogens is 2. The van der Waals surface area contributed by atoms with Crippen molar-refractivity contribution in [1.82, 2.24) is 15.1 Å². The molecule has 0 saturated carbocycles. The van der Waals surface area contributed by atoms with Crippen LogP contribution in [-0.4, -0.2) is 53.8 Å². The van der Waals surface area contributed by atoms with E-state index in [2.05, 4.69) is 48.0 Å². The van der Waals surface area contributed by atoms with E-state index in [1.54, 1.807) is 24.3 Å². The molecule has 2 aromatic carbocycles. The van der Waals surface area contributed by atoms with E-state index >= 15 is 0 Å². The van der Waals surface area contributed by atoms with Gasteiger partial charge >= 0.3 is 0 Å². The zero-order valence-corrected chi connectivity index (χ0v) is 19.4. The number of carbonyl (C=O) groups excluding carboxylic acids is 1. The molecule has 3 aromatic rings. The summed E-state index contributed by atoms with van der Waals surface area (Å²) in [6.45, 7) is 9.03. The van der Waals surface area contributed by atoms with Crippen LogP contribution < -0.4 is 9.64 Å². The Hall–Kier alpha value is -3.12. The van der Waals surface area contributed by atoms with E-state index in [-0.39, 0.29) is 12.5 Å². The lowest BCUT2D eigenvalue weighted by molar-refractivity contribution is -0.133. The Kier molecular flexibility index (Phi) is 6.61. The van der Waals surface area contributed by atoms with Crippen LogP contribution in [0.4, 0.5) is 5.82 Å². The number of hydrogen-bond donors (Lipinski definition) is 0. The Morgan fingerprint density at radius 2 is 1.59 bits per heavy atom. The van der Waals surface area contributed by atoms with Gasteiger partial charge in [0.15, 0.2) is 12.4 Å². The normalized spacial score (nSPS) is 13.9. The Morgan fingerprint density at radius 1 is 0.906 bits per heavy atom. The fourth-order valence-corrected chi connectivity index (χ4v) is 3.95. The average Bonchev–Trinajstić information content (AvgIpc) is 2.81. The van der Waals surface area contributed by atoms with Crippen molar-refractivity contribution in [1.29, 1.82) is 0 Å². The van der Waals surface area contributed by atoms with E-state index in [1.165, 1.54) is 16.7 Å². The van der Waals surface area contributed by atoms with Gasteiger partial charge < -0.3 is 14.5 Å². The van der Waals surface area contributed by atoms with Crippen LogP contribution >= 0.6 is 11.6 Å². The lowest BCUT2D eigenvalue weighted by atomic mass is 9.99. The summed E-state index contributed by atoms with van der Waals surface area (Å²) < 4.78 is 5.58. The Balaban J connectivity index is 1.32. The standard InChI is InChI=1S/C25H27ClN4O2/c1-17-14-19(3)22(15-18(17)2)23-8-9-24(28-27-23)29-10-12-30(13-11-29)25(31)16-32-21-6-4-20(26)5-7-21/h4-9,14-15H,10-13,16H2,1-3H3. The van der Waals surface area contributed by atoms with Crippen molar-refractivity contribution in [3.8, 4) is 17.0 Å². The summed E-state index contributed by atoms with van der Waals surface area (Å²) >= 11 is 5.87. The number of nitrogens with zero attached hydrogens (tertiary/aromatic N) is 4. The number of rotatable bonds is 5. The van der Waals surface area contributed by atoms with E-state index in [4.69, 9.17) is 16.3 Å². The van der Waals surface area contributed by atoms with Crippen molar-refractivity contribution >= 4 is 23.3 Å². The van der Waals surface area contributed by atoms with Gasteiger partial charge in [0.1, 0.15) is 5.75 Å². The molecule has 0 radical (unpaired) electrons. The first-order valence-electron chi connectivity index (χ1n) is 10.7. The highest BCUT2D eigenvalue weighted by molar-refractivity contribution is 6.30. The molecule has 0 atom stereocenters. The van der Waals surface area contributed by atoms with Crippen LogP contribution in [-0.2, 0) is 4.79 Å². The van der Waals surface area contributed by atoms with E-state index in [0.29, 0.717) is 37.0 Å². The molecule has 2 heterocycles. The van der Waals surface area contributed by atoms with Crippen LogP contribution in [0.3, 0.4) is 0 Å². The summed E-state index contributed by atoms with van der Waals surface area (Å²) in [5.41, 5.74) is 5.72. The van der Waals surface area contributed by atoms with Crippen molar-refractivity contribution in [3.63, 3.8) is 0 Å². The molecular formula is C25H27ClN4O2. The Labute approximate surface area is 193 Å². The molecule has 1 aliphatic heterocycles. The molecule has 0 spiro atoms. The van der Waals surface area contributed by atoms with Gasteiger partial charge in [-0.3, -0.25) is 4.79 Å². The summed E-state index contributed by atoms with van der Waals surface area (Å²) in [5.74, 6) is 1.45. The number of hydrogen-bond acceptors (Lipinski definition) is 5. The predicted octanol–water partition coefficient (Wildman–Crippen LogP) is 4.45. The van der Waals surface area contributed by atoms with E-state index in [1.807, 2.05) is 17.0 Å². The van der Waals surface area contributed by atoms with Gasteiger partial charge in [0.25, 0.3) is 5.91 Å². The molecule has 1 saturated heterocycles. The lowest BCUT2D eigenvalue weighted by Crippen LogP contribution is -2.50. The van der Waals surface area contributed by atoms with Crippen LogP contribution in [0.5, 0.6) is 5.75 Å². The fourth-order valence-electron chi connectivity index (χ4n) is 3.83. The quantitative estimate of drug-likeness (QED) is 0.574. The second-order valence-electron chi connectivity index (χ2n) is 8.14. The highest BCUT2D eigenvalue weighted by atomic mass is 35.5. The topological polar surface area (TPSA) is 58.6 Å². The van der Waals surface area contributed by atoms with Gasteiger partial charge in [0.05, 0.1) is 5.69 Å². The minimum absolute atomic E-state index is 0.0193. The summed E-state index contributed by atoms with van der Waals surface area (Å²) in [4.78, 5) is 16.5. The van der Waals surface area contributed by atoms with Gasteiger partial charge in [0, 0.05) is 36.8 Å². The third-order valence-electron chi connectivity index (χ3n) is 5.90. The molecule has 32 heavy (non-hydrogen) atoms. The maximum absolute atomic E-state index is 12.5. The van der Waals surface area contributed by atoms with Crippen LogP contribution in [0, 0.1) is 20.8 Å². The van der Waals surface area contributed by atoms with Crippen LogP contribution in [0.2, 0.25) is 5.02 Å². The fraction of sp³-hybridized carbons (Fsp3) is 0.320. The molecule has 0 unspecified atom stereocenters. The Bertz CT molecular complexity index is 1090. The van der Waals surface area contributed by atoms with Gasteiger partial charge in [-0.05, 0) is 79.9 Å². The number of carbonyl (C=O) groups is 1. The number of aryl methyl sites for hydroxylation is 3. The number of ether oxygens (including phenoxy) is 1. The van der Waals surface area contributed by atoms with E-state index < -0.39 is 0 Å².